The zero-order valence-corrected chi connectivity index (χ0v) is 12.3. The van der Waals surface area contributed by atoms with Crippen LogP contribution in [-0.4, -0.2) is 20.8 Å². The molecular weight excluding hydrogens is 264 g/mol. The summed E-state index contributed by atoms with van der Waals surface area (Å²) >= 11 is 0. The van der Waals surface area contributed by atoms with Crippen molar-refractivity contribution in [2.75, 3.05) is 20.8 Å². The van der Waals surface area contributed by atoms with E-state index in [9.17, 15) is 8.78 Å². The molecule has 0 aromatic heterocycles. The van der Waals surface area contributed by atoms with Gasteiger partial charge in [0.25, 0.3) is 5.92 Å². The van der Waals surface area contributed by atoms with Gasteiger partial charge in [0.15, 0.2) is 11.5 Å². The summed E-state index contributed by atoms with van der Waals surface area (Å²) in [7, 11) is 2.96. The lowest BCUT2D eigenvalue weighted by atomic mass is 9.84. The summed E-state index contributed by atoms with van der Waals surface area (Å²) in [5.41, 5.74) is 0.126. The van der Waals surface area contributed by atoms with Crippen LogP contribution in [0.4, 0.5) is 8.78 Å². The maximum Gasteiger partial charge on any atom is 0.270 e. The largest absolute Gasteiger partial charge is 0.493 e. The maximum absolute atomic E-state index is 14.0. The van der Waals surface area contributed by atoms with Gasteiger partial charge in [0, 0.05) is 18.0 Å². The van der Waals surface area contributed by atoms with E-state index in [0.717, 1.165) is 26.3 Å². The van der Waals surface area contributed by atoms with Crippen LogP contribution in [0.25, 0.3) is 0 Å². The predicted octanol–water partition coefficient (Wildman–Crippen LogP) is 3.41. The van der Waals surface area contributed by atoms with Gasteiger partial charge in [0.1, 0.15) is 0 Å². The lowest BCUT2D eigenvalue weighted by molar-refractivity contribution is 0.0149. The summed E-state index contributed by atoms with van der Waals surface area (Å²) in [6.45, 7) is 3.70. The topological polar surface area (TPSA) is 30.5 Å². The molecule has 1 fully saturated rings. The van der Waals surface area contributed by atoms with Crippen LogP contribution in [0.15, 0.2) is 12.1 Å². The van der Waals surface area contributed by atoms with Crippen molar-refractivity contribution in [3.8, 4) is 11.5 Å². The maximum atomic E-state index is 14.0. The zero-order chi connectivity index (χ0) is 15.0. The molecule has 0 spiro atoms. The molecule has 0 radical (unpaired) electrons. The third-order valence-corrected chi connectivity index (χ3v) is 3.96. The Morgan fingerprint density at radius 3 is 2.25 bits per heavy atom. The van der Waals surface area contributed by atoms with E-state index >= 15 is 0 Å². The minimum absolute atomic E-state index is 0.00736. The Kier molecular flexibility index (Phi) is 3.91. The fourth-order valence-corrected chi connectivity index (χ4v) is 2.82. The molecule has 1 saturated heterocycles. The van der Waals surface area contributed by atoms with Crippen LogP contribution in [0, 0.1) is 0 Å². The van der Waals surface area contributed by atoms with Crippen molar-refractivity contribution in [2.24, 2.45) is 0 Å². The summed E-state index contributed by atoms with van der Waals surface area (Å²) in [5, 5.41) is 3.32. The molecule has 1 aromatic carbocycles. The first-order chi connectivity index (χ1) is 9.31. The molecule has 3 nitrogen and oxygen atoms in total. The van der Waals surface area contributed by atoms with Gasteiger partial charge in [-0.1, -0.05) is 0 Å². The van der Waals surface area contributed by atoms with E-state index in [0.29, 0.717) is 17.1 Å². The van der Waals surface area contributed by atoms with Crippen LogP contribution >= 0.6 is 0 Å². The fraction of sp³-hybridized carbons (Fsp3) is 0.600. The molecule has 1 N–H and O–H groups in total. The standard InChI is InChI=1S/C15H21F2NO2/c1-14(6-5-7-18-14)10-8-12(19-3)13(20-4)9-11(10)15(2,16)17/h8-9,18H,5-7H2,1-4H3. The van der Waals surface area contributed by atoms with Crippen LogP contribution < -0.4 is 14.8 Å². The molecule has 112 valence electrons. The van der Waals surface area contributed by atoms with Gasteiger partial charge in [-0.25, -0.2) is 8.78 Å². The van der Waals surface area contributed by atoms with Crippen LogP contribution in [0.3, 0.4) is 0 Å². The Balaban J connectivity index is 2.64. The number of nitrogens with one attached hydrogen (secondary N) is 1. The molecule has 0 saturated carbocycles. The molecule has 20 heavy (non-hydrogen) atoms. The molecule has 0 amide bonds. The number of rotatable bonds is 4. The first kappa shape index (κ1) is 15.0. The van der Waals surface area contributed by atoms with Crippen LogP contribution in [-0.2, 0) is 11.5 Å². The van der Waals surface area contributed by atoms with E-state index in [1.165, 1.54) is 20.3 Å². The van der Waals surface area contributed by atoms with Gasteiger partial charge >= 0.3 is 0 Å². The molecule has 1 aliphatic rings. The summed E-state index contributed by atoms with van der Waals surface area (Å²) in [6, 6.07) is 3.06. The van der Waals surface area contributed by atoms with E-state index in [-0.39, 0.29) is 5.56 Å². The van der Waals surface area contributed by atoms with Crippen molar-refractivity contribution in [3.63, 3.8) is 0 Å². The SMILES string of the molecule is COc1cc(C(C)(F)F)c(C2(C)CCCN2)cc1OC. The molecule has 1 atom stereocenters. The second-order valence-corrected chi connectivity index (χ2v) is 5.50. The molecule has 1 aromatic rings. The number of benzene rings is 1. The number of methoxy groups -OCH3 is 2. The molecule has 0 aliphatic carbocycles. The molecule has 1 heterocycles. The predicted molar refractivity (Wildman–Crippen MR) is 73.7 cm³/mol. The van der Waals surface area contributed by atoms with E-state index in [1.54, 1.807) is 6.07 Å². The summed E-state index contributed by atoms with van der Waals surface area (Å²) in [5.74, 6) is -2.12. The van der Waals surface area contributed by atoms with Gasteiger partial charge in [-0.05, 0) is 44.0 Å². The number of alkyl halides is 2. The first-order valence-corrected chi connectivity index (χ1v) is 6.71. The summed E-state index contributed by atoms with van der Waals surface area (Å²) < 4.78 is 38.3. The van der Waals surface area contributed by atoms with Gasteiger partial charge in [0.05, 0.1) is 14.2 Å². The van der Waals surface area contributed by atoms with Crippen LogP contribution in [0.2, 0.25) is 0 Å². The lowest BCUT2D eigenvalue weighted by Gasteiger charge is -2.30. The quantitative estimate of drug-likeness (QED) is 0.919. The third-order valence-electron chi connectivity index (χ3n) is 3.96. The fourth-order valence-electron chi connectivity index (χ4n) is 2.82. The van der Waals surface area contributed by atoms with Crippen molar-refractivity contribution in [3.05, 3.63) is 23.3 Å². The molecule has 1 unspecified atom stereocenters. The van der Waals surface area contributed by atoms with Crippen molar-refractivity contribution in [1.82, 2.24) is 5.32 Å². The van der Waals surface area contributed by atoms with Crippen molar-refractivity contribution < 1.29 is 18.3 Å². The van der Waals surface area contributed by atoms with Gasteiger partial charge < -0.3 is 14.8 Å². The molecule has 5 heteroatoms. The van der Waals surface area contributed by atoms with Crippen LogP contribution in [0.1, 0.15) is 37.8 Å². The highest BCUT2D eigenvalue weighted by atomic mass is 19.3. The lowest BCUT2D eigenvalue weighted by Crippen LogP contribution is -2.35. The Morgan fingerprint density at radius 1 is 1.20 bits per heavy atom. The second kappa shape index (κ2) is 5.20. The molecule has 1 aliphatic heterocycles. The van der Waals surface area contributed by atoms with E-state index in [4.69, 9.17) is 9.47 Å². The van der Waals surface area contributed by atoms with Gasteiger partial charge in [-0.3, -0.25) is 0 Å². The summed E-state index contributed by atoms with van der Waals surface area (Å²) in [4.78, 5) is 0. The first-order valence-electron chi connectivity index (χ1n) is 6.71. The second-order valence-electron chi connectivity index (χ2n) is 5.50. The average molecular weight is 285 g/mol. The number of hydrogen-bond donors (Lipinski definition) is 1. The van der Waals surface area contributed by atoms with E-state index < -0.39 is 11.5 Å². The minimum atomic E-state index is -2.93. The molecule has 2 rings (SSSR count). The summed E-state index contributed by atoms with van der Waals surface area (Å²) in [6.07, 6.45) is 1.80. The van der Waals surface area contributed by atoms with Crippen molar-refractivity contribution in [2.45, 2.75) is 38.2 Å². The molecular formula is C15H21F2NO2. The Labute approximate surface area is 118 Å². The third kappa shape index (κ3) is 2.59. The van der Waals surface area contributed by atoms with Crippen LogP contribution in [0.5, 0.6) is 11.5 Å². The van der Waals surface area contributed by atoms with Gasteiger partial charge in [0.2, 0.25) is 0 Å². The zero-order valence-electron chi connectivity index (χ0n) is 12.3. The normalized spacial score (nSPS) is 22.9. The number of halogens is 2. The Bertz CT molecular complexity index is 491. The van der Waals surface area contributed by atoms with E-state index in [1.807, 2.05) is 6.92 Å². The number of ether oxygens (including phenoxy) is 2. The Hall–Kier alpha value is -1.36. The van der Waals surface area contributed by atoms with Gasteiger partial charge in [-0.2, -0.15) is 0 Å². The highest BCUT2D eigenvalue weighted by molar-refractivity contribution is 5.51. The monoisotopic (exact) mass is 285 g/mol. The minimum Gasteiger partial charge on any atom is -0.493 e. The van der Waals surface area contributed by atoms with Gasteiger partial charge in [-0.15, -0.1) is 0 Å². The highest BCUT2D eigenvalue weighted by Crippen LogP contribution is 2.44. The van der Waals surface area contributed by atoms with Crippen molar-refractivity contribution >= 4 is 0 Å². The van der Waals surface area contributed by atoms with Crippen molar-refractivity contribution in [1.29, 1.82) is 0 Å². The average Bonchev–Trinajstić information content (AvgIpc) is 2.84. The Morgan fingerprint density at radius 2 is 1.80 bits per heavy atom. The van der Waals surface area contributed by atoms with E-state index in [2.05, 4.69) is 5.32 Å². The number of hydrogen-bond acceptors (Lipinski definition) is 3. The molecule has 0 bridgehead atoms. The highest BCUT2D eigenvalue weighted by Gasteiger charge is 2.39. The smallest absolute Gasteiger partial charge is 0.270 e.